The van der Waals surface area contributed by atoms with Crippen LogP contribution in [-0.2, 0) is 14.8 Å². The van der Waals surface area contributed by atoms with Gasteiger partial charge in [0.2, 0.25) is 5.91 Å². The van der Waals surface area contributed by atoms with Crippen LogP contribution < -0.4 is 10.2 Å². The van der Waals surface area contributed by atoms with Gasteiger partial charge >= 0.3 is 0 Å². The molecule has 0 saturated heterocycles. The van der Waals surface area contributed by atoms with E-state index in [-0.39, 0.29) is 21.5 Å². The highest BCUT2D eigenvalue weighted by Crippen LogP contribution is 2.33. The van der Waals surface area contributed by atoms with Crippen molar-refractivity contribution in [1.82, 2.24) is 0 Å². The molecule has 27 heavy (non-hydrogen) atoms. The maximum atomic E-state index is 13.6. The van der Waals surface area contributed by atoms with Gasteiger partial charge in [0, 0.05) is 12.6 Å². The van der Waals surface area contributed by atoms with Crippen LogP contribution >= 0.6 is 11.8 Å². The predicted octanol–water partition coefficient (Wildman–Crippen LogP) is 3.22. The second kappa shape index (κ2) is 7.65. The molecule has 10 heteroatoms. The van der Waals surface area contributed by atoms with Crippen LogP contribution in [0.1, 0.15) is 6.92 Å². The average molecular weight is 411 g/mol. The number of nitrogens with zero attached hydrogens (tertiary/aromatic N) is 2. The molecule has 2 aromatic rings. The molecule has 0 aromatic heterocycles. The van der Waals surface area contributed by atoms with E-state index in [0.717, 1.165) is 23.9 Å². The summed E-state index contributed by atoms with van der Waals surface area (Å²) in [4.78, 5) is 13.9. The van der Waals surface area contributed by atoms with Crippen LogP contribution in [0.3, 0.4) is 0 Å². The summed E-state index contributed by atoms with van der Waals surface area (Å²) < 4.78 is 55.0. The van der Waals surface area contributed by atoms with Gasteiger partial charge in [-0.15, -0.1) is 4.40 Å². The second-order valence-corrected chi connectivity index (χ2v) is 8.04. The Hall–Kier alpha value is -2.46. The number of anilines is 2. The fourth-order valence-corrected chi connectivity index (χ4v) is 4.84. The van der Waals surface area contributed by atoms with E-state index < -0.39 is 27.6 Å². The molecule has 0 spiro atoms. The zero-order chi connectivity index (χ0) is 19.6. The number of rotatable bonds is 4. The first kappa shape index (κ1) is 19.3. The average Bonchev–Trinajstić information content (AvgIpc) is 2.62. The van der Waals surface area contributed by atoms with E-state index >= 15 is 0 Å². The van der Waals surface area contributed by atoms with Crippen molar-refractivity contribution in [1.29, 1.82) is 0 Å². The molecule has 0 aliphatic carbocycles. The number of amidine groups is 1. The molecule has 1 N–H and O–H groups in total. The number of amides is 1. The van der Waals surface area contributed by atoms with Crippen LogP contribution in [0, 0.1) is 11.6 Å². The van der Waals surface area contributed by atoms with Gasteiger partial charge < -0.3 is 10.2 Å². The Kier molecular flexibility index (Phi) is 5.47. The normalized spacial score (nSPS) is 15.1. The number of hydrogen-bond acceptors (Lipinski definition) is 5. The van der Waals surface area contributed by atoms with Gasteiger partial charge in [-0.3, -0.25) is 4.79 Å². The Morgan fingerprint density at radius 1 is 1.22 bits per heavy atom. The Morgan fingerprint density at radius 3 is 2.67 bits per heavy atom. The molecule has 0 fully saturated rings. The molecular formula is C17H15F2N3O3S2. The van der Waals surface area contributed by atoms with Gasteiger partial charge in [-0.25, -0.2) is 8.78 Å². The number of benzene rings is 2. The van der Waals surface area contributed by atoms with E-state index in [4.69, 9.17) is 0 Å². The fourth-order valence-electron chi connectivity index (χ4n) is 2.52. The first-order chi connectivity index (χ1) is 12.8. The number of nitrogens with one attached hydrogen (secondary N) is 1. The molecular weight excluding hydrogens is 396 g/mol. The summed E-state index contributed by atoms with van der Waals surface area (Å²) in [5.41, 5.74) is 0.334. The lowest BCUT2D eigenvalue weighted by Gasteiger charge is -2.29. The molecule has 6 nitrogen and oxygen atoms in total. The molecule has 0 radical (unpaired) electrons. The Bertz CT molecular complexity index is 1030. The van der Waals surface area contributed by atoms with Gasteiger partial charge in [-0.1, -0.05) is 23.9 Å². The maximum absolute atomic E-state index is 13.6. The first-order valence-corrected chi connectivity index (χ1v) is 10.3. The highest BCUT2D eigenvalue weighted by atomic mass is 32.2. The van der Waals surface area contributed by atoms with Gasteiger partial charge in [-0.2, -0.15) is 8.42 Å². The summed E-state index contributed by atoms with van der Waals surface area (Å²) in [6.07, 6.45) is 0. The van der Waals surface area contributed by atoms with Gasteiger partial charge in [0.25, 0.3) is 10.0 Å². The highest BCUT2D eigenvalue weighted by Gasteiger charge is 2.30. The molecule has 3 rings (SSSR count). The zero-order valence-corrected chi connectivity index (χ0v) is 15.8. The topological polar surface area (TPSA) is 78.8 Å². The van der Waals surface area contributed by atoms with E-state index in [9.17, 15) is 22.0 Å². The van der Waals surface area contributed by atoms with Crippen LogP contribution in [0.2, 0.25) is 0 Å². The third-order valence-electron chi connectivity index (χ3n) is 3.72. The van der Waals surface area contributed by atoms with Crippen molar-refractivity contribution in [2.75, 3.05) is 22.5 Å². The van der Waals surface area contributed by atoms with Crippen LogP contribution in [-0.4, -0.2) is 31.8 Å². The maximum Gasteiger partial charge on any atom is 0.286 e. The number of sulfonamides is 1. The van der Waals surface area contributed by atoms with Gasteiger partial charge in [-0.05, 0) is 31.2 Å². The summed E-state index contributed by atoms with van der Waals surface area (Å²) in [5.74, 6) is -2.40. The van der Waals surface area contributed by atoms with Gasteiger partial charge in [0.15, 0.2) is 5.17 Å². The Labute approximate surface area is 159 Å². The SMILES string of the molecule is CCN1C(SCC(=O)Nc2ccc(F)cc2F)=NS(=O)(=O)c2ccccc21. The molecule has 142 valence electrons. The largest absolute Gasteiger partial charge is 0.323 e. The summed E-state index contributed by atoms with van der Waals surface area (Å²) in [7, 11) is -3.86. The third-order valence-corrected chi connectivity index (χ3v) is 6.12. The summed E-state index contributed by atoms with van der Waals surface area (Å²) in [6.45, 7) is 2.28. The van der Waals surface area contributed by atoms with Crippen molar-refractivity contribution in [3.63, 3.8) is 0 Å². The minimum atomic E-state index is -3.86. The number of halogens is 2. The lowest BCUT2D eigenvalue weighted by atomic mass is 10.3. The van der Waals surface area contributed by atoms with Crippen molar-refractivity contribution in [3.05, 3.63) is 54.1 Å². The third kappa shape index (κ3) is 4.11. The summed E-state index contributed by atoms with van der Waals surface area (Å²) >= 11 is 0.920. The van der Waals surface area contributed by atoms with Crippen LogP contribution in [0.4, 0.5) is 20.2 Å². The summed E-state index contributed by atoms with van der Waals surface area (Å²) in [5, 5.41) is 2.48. The van der Waals surface area contributed by atoms with Crippen molar-refractivity contribution in [3.8, 4) is 0 Å². The number of thioether (sulfide) groups is 1. The molecule has 1 amide bonds. The molecule has 0 unspecified atom stereocenters. The molecule has 1 heterocycles. The number of fused-ring (bicyclic) bond motifs is 1. The summed E-state index contributed by atoms with van der Waals surface area (Å²) in [6, 6.07) is 9.28. The minimum absolute atomic E-state index is 0.106. The standard InChI is InChI=1S/C17H15F2N3O3S2/c1-2-22-14-5-3-4-6-15(14)27(24,25)21-17(22)26-10-16(23)20-13-8-7-11(18)9-12(13)19/h3-9H,2,10H2,1H3,(H,20,23). The van der Waals surface area contributed by atoms with E-state index in [1.54, 1.807) is 23.1 Å². The number of hydrogen-bond donors (Lipinski definition) is 1. The molecule has 0 bridgehead atoms. The number of carbonyl (C=O) groups excluding carboxylic acids is 1. The monoisotopic (exact) mass is 411 g/mol. The van der Waals surface area contributed by atoms with Crippen molar-refractivity contribution in [2.24, 2.45) is 4.40 Å². The van der Waals surface area contributed by atoms with Crippen LogP contribution in [0.5, 0.6) is 0 Å². The van der Waals surface area contributed by atoms with E-state index in [2.05, 4.69) is 9.71 Å². The van der Waals surface area contributed by atoms with E-state index in [1.807, 2.05) is 6.92 Å². The predicted molar refractivity (Wildman–Crippen MR) is 102 cm³/mol. The Balaban J connectivity index is 1.75. The zero-order valence-electron chi connectivity index (χ0n) is 14.1. The lowest BCUT2D eigenvalue weighted by Crippen LogP contribution is -2.34. The van der Waals surface area contributed by atoms with Crippen LogP contribution in [0.25, 0.3) is 0 Å². The van der Waals surface area contributed by atoms with E-state index in [1.165, 1.54) is 6.07 Å². The number of para-hydroxylation sites is 1. The molecule has 1 aliphatic heterocycles. The van der Waals surface area contributed by atoms with Crippen LogP contribution in [0.15, 0.2) is 51.8 Å². The Morgan fingerprint density at radius 2 is 1.96 bits per heavy atom. The molecule has 0 saturated carbocycles. The van der Waals surface area contributed by atoms with Gasteiger partial charge in [0.1, 0.15) is 16.5 Å². The van der Waals surface area contributed by atoms with E-state index in [0.29, 0.717) is 18.3 Å². The fraction of sp³-hybridized carbons (Fsp3) is 0.176. The van der Waals surface area contributed by atoms with Crippen molar-refractivity contribution < 1.29 is 22.0 Å². The highest BCUT2D eigenvalue weighted by molar-refractivity contribution is 8.15. The number of carbonyl (C=O) groups is 1. The minimum Gasteiger partial charge on any atom is -0.323 e. The first-order valence-electron chi connectivity index (χ1n) is 7.91. The molecule has 1 aliphatic rings. The van der Waals surface area contributed by atoms with Crippen molar-refractivity contribution in [2.45, 2.75) is 11.8 Å². The smallest absolute Gasteiger partial charge is 0.286 e. The molecule has 0 atom stereocenters. The molecule has 2 aromatic carbocycles. The van der Waals surface area contributed by atoms with Crippen molar-refractivity contribution >= 4 is 44.2 Å². The van der Waals surface area contributed by atoms with Gasteiger partial charge in [0.05, 0.1) is 17.1 Å². The lowest BCUT2D eigenvalue weighted by molar-refractivity contribution is -0.113. The second-order valence-electron chi connectivity index (χ2n) is 5.52. The quantitative estimate of drug-likeness (QED) is 0.836.